The van der Waals surface area contributed by atoms with Crippen molar-refractivity contribution in [2.45, 2.75) is 19.9 Å². The number of carbonyl (C=O) groups excluding carboxylic acids is 1. The summed E-state index contributed by atoms with van der Waals surface area (Å²) in [5.74, 6) is 0.653. The van der Waals surface area contributed by atoms with Crippen molar-refractivity contribution >= 4 is 23.1 Å². The third-order valence-electron chi connectivity index (χ3n) is 3.29. The number of aromatic nitrogens is 1. The maximum atomic E-state index is 12.4. The molecule has 0 atom stereocenters. The third kappa shape index (κ3) is 5.50. The van der Waals surface area contributed by atoms with Crippen LogP contribution < -0.4 is 10.1 Å². The molecule has 6 nitrogen and oxygen atoms in total. The van der Waals surface area contributed by atoms with Crippen molar-refractivity contribution in [3.63, 3.8) is 0 Å². The van der Waals surface area contributed by atoms with Crippen LogP contribution in [0.5, 0.6) is 5.75 Å². The number of benzene rings is 1. The Hall–Kier alpha value is -2.12. The second-order valence-electron chi connectivity index (χ2n) is 5.34. The first-order valence-corrected chi connectivity index (χ1v) is 8.62. The molecule has 2 amide bonds. The molecule has 0 radical (unpaired) electrons. The minimum absolute atomic E-state index is 0.200. The monoisotopic (exact) mass is 349 g/mol. The predicted octanol–water partition coefficient (Wildman–Crippen LogP) is 3.53. The standard InChI is InChI=1S/C17H23N3O3S/c1-13-18-14(12-24-13)11-20(2)17(21)19-15-7-4-5-8-16(15)23-10-6-9-22-3/h4-5,7-8,12H,6,9-11H2,1-3H3,(H,19,21). The molecule has 0 bridgehead atoms. The van der Waals surface area contributed by atoms with Gasteiger partial charge in [0.25, 0.3) is 0 Å². The van der Waals surface area contributed by atoms with Gasteiger partial charge in [0.2, 0.25) is 0 Å². The number of amides is 2. The first-order valence-electron chi connectivity index (χ1n) is 7.74. The molecule has 2 rings (SSSR count). The maximum absolute atomic E-state index is 12.4. The van der Waals surface area contributed by atoms with Crippen molar-refractivity contribution in [2.24, 2.45) is 0 Å². The Bertz CT molecular complexity index is 660. The van der Waals surface area contributed by atoms with E-state index in [1.807, 2.05) is 36.6 Å². The van der Waals surface area contributed by atoms with E-state index in [1.165, 1.54) is 0 Å². The van der Waals surface area contributed by atoms with E-state index >= 15 is 0 Å². The molecule has 1 aromatic heterocycles. The Balaban J connectivity index is 1.92. The molecular formula is C17H23N3O3S. The number of urea groups is 1. The predicted molar refractivity (Wildman–Crippen MR) is 95.8 cm³/mol. The summed E-state index contributed by atoms with van der Waals surface area (Å²) >= 11 is 1.58. The molecule has 1 aromatic carbocycles. The van der Waals surface area contributed by atoms with E-state index in [0.29, 0.717) is 31.2 Å². The third-order valence-corrected chi connectivity index (χ3v) is 4.11. The Kier molecular flexibility index (Phi) is 7.02. The number of aryl methyl sites for hydroxylation is 1. The maximum Gasteiger partial charge on any atom is 0.322 e. The van der Waals surface area contributed by atoms with Gasteiger partial charge in [-0.2, -0.15) is 0 Å². The molecule has 0 aliphatic carbocycles. The van der Waals surface area contributed by atoms with Crippen molar-refractivity contribution in [3.05, 3.63) is 40.3 Å². The van der Waals surface area contributed by atoms with Crippen molar-refractivity contribution in [2.75, 3.05) is 32.7 Å². The van der Waals surface area contributed by atoms with Crippen molar-refractivity contribution < 1.29 is 14.3 Å². The van der Waals surface area contributed by atoms with Crippen LogP contribution in [0.3, 0.4) is 0 Å². The molecule has 0 aliphatic rings. The van der Waals surface area contributed by atoms with Crippen LogP contribution in [0.2, 0.25) is 0 Å². The number of methoxy groups -OCH3 is 1. The summed E-state index contributed by atoms with van der Waals surface area (Å²) in [5.41, 5.74) is 1.54. The molecule has 0 fully saturated rings. The van der Waals surface area contributed by atoms with Crippen molar-refractivity contribution in [1.29, 1.82) is 0 Å². The lowest BCUT2D eigenvalue weighted by Crippen LogP contribution is -2.31. The van der Waals surface area contributed by atoms with E-state index < -0.39 is 0 Å². The fraction of sp³-hybridized carbons (Fsp3) is 0.412. The van der Waals surface area contributed by atoms with E-state index in [1.54, 1.807) is 30.4 Å². The molecule has 0 saturated heterocycles. The number of thiazole rings is 1. The first-order chi connectivity index (χ1) is 11.6. The number of hydrogen-bond acceptors (Lipinski definition) is 5. The molecule has 0 unspecified atom stereocenters. The molecule has 0 saturated carbocycles. The zero-order valence-electron chi connectivity index (χ0n) is 14.2. The van der Waals surface area contributed by atoms with Crippen LogP contribution in [0, 0.1) is 6.92 Å². The van der Waals surface area contributed by atoms with E-state index in [4.69, 9.17) is 9.47 Å². The molecule has 0 spiro atoms. The molecule has 1 N–H and O–H groups in total. The molecule has 130 valence electrons. The van der Waals surface area contributed by atoms with E-state index in [-0.39, 0.29) is 6.03 Å². The van der Waals surface area contributed by atoms with Crippen LogP contribution >= 0.6 is 11.3 Å². The number of ether oxygens (including phenoxy) is 2. The first kappa shape index (κ1) is 18.2. The summed E-state index contributed by atoms with van der Waals surface area (Å²) < 4.78 is 10.7. The average molecular weight is 349 g/mol. The van der Waals surface area contributed by atoms with E-state index in [9.17, 15) is 4.79 Å². The Morgan fingerprint density at radius 2 is 2.12 bits per heavy atom. The highest BCUT2D eigenvalue weighted by Crippen LogP contribution is 2.24. The summed E-state index contributed by atoms with van der Waals surface area (Å²) in [6.45, 7) is 3.59. The second-order valence-corrected chi connectivity index (χ2v) is 6.40. The van der Waals surface area contributed by atoms with Crippen molar-refractivity contribution in [3.8, 4) is 5.75 Å². The van der Waals surface area contributed by atoms with Gasteiger partial charge < -0.3 is 19.7 Å². The van der Waals surface area contributed by atoms with Gasteiger partial charge in [0, 0.05) is 32.6 Å². The molecule has 0 aliphatic heterocycles. The smallest absolute Gasteiger partial charge is 0.322 e. The number of nitrogens with one attached hydrogen (secondary N) is 1. The van der Waals surface area contributed by atoms with Crippen LogP contribution in [0.4, 0.5) is 10.5 Å². The van der Waals surface area contributed by atoms with Crippen LogP contribution in [0.15, 0.2) is 29.6 Å². The van der Waals surface area contributed by atoms with E-state index in [0.717, 1.165) is 17.1 Å². The summed E-state index contributed by atoms with van der Waals surface area (Å²) in [4.78, 5) is 18.3. The SMILES string of the molecule is COCCCOc1ccccc1NC(=O)N(C)Cc1csc(C)n1. The number of hydrogen-bond donors (Lipinski definition) is 1. The lowest BCUT2D eigenvalue weighted by molar-refractivity contribution is 0.172. The van der Waals surface area contributed by atoms with Gasteiger partial charge in [-0.15, -0.1) is 11.3 Å². The van der Waals surface area contributed by atoms with Crippen molar-refractivity contribution in [1.82, 2.24) is 9.88 Å². The van der Waals surface area contributed by atoms with Crippen LogP contribution in [0.1, 0.15) is 17.1 Å². The number of anilines is 1. The van der Waals surface area contributed by atoms with Gasteiger partial charge in [0.05, 0.1) is 29.5 Å². The fourth-order valence-electron chi connectivity index (χ4n) is 2.09. The number of para-hydroxylation sites is 2. The topological polar surface area (TPSA) is 63.7 Å². The Morgan fingerprint density at radius 3 is 2.83 bits per heavy atom. The number of rotatable bonds is 8. The Morgan fingerprint density at radius 1 is 1.33 bits per heavy atom. The zero-order chi connectivity index (χ0) is 17.4. The summed E-state index contributed by atoms with van der Waals surface area (Å²) in [6, 6.07) is 7.20. The lowest BCUT2D eigenvalue weighted by Gasteiger charge is -2.18. The van der Waals surface area contributed by atoms with E-state index in [2.05, 4.69) is 10.3 Å². The Labute approximate surface area is 146 Å². The van der Waals surface area contributed by atoms with Gasteiger partial charge in [0.1, 0.15) is 5.75 Å². The van der Waals surface area contributed by atoms with Crippen LogP contribution in [0.25, 0.3) is 0 Å². The highest BCUT2D eigenvalue weighted by molar-refractivity contribution is 7.09. The van der Waals surface area contributed by atoms with Gasteiger partial charge >= 0.3 is 6.03 Å². The fourth-order valence-corrected chi connectivity index (χ4v) is 2.69. The van der Waals surface area contributed by atoms with Gasteiger partial charge in [-0.25, -0.2) is 9.78 Å². The quantitative estimate of drug-likeness (QED) is 0.741. The molecule has 1 heterocycles. The minimum Gasteiger partial charge on any atom is -0.491 e. The average Bonchev–Trinajstić information content (AvgIpc) is 2.98. The number of carbonyl (C=O) groups is 1. The molecule has 2 aromatic rings. The van der Waals surface area contributed by atoms with Crippen LogP contribution in [-0.4, -0.2) is 43.3 Å². The number of nitrogens with zero attached hydrogens (tertiary/aromatic N) is 2. The van der Waals surface area contributed by atoms with Gasteiger partial charge in [-0.1, -0.05) is 12.1 Å². The highest BCUT2D eigenvalue weighted by Gasteiger charge is 2.13. The van der Waals surface area contributed by atoms with Gasteiger partial charge in [-0.05, 0) is 19.1 Å². The second kappa shape index (κ2) is 9.24. The zero-order valence-corrected chi connectivity index (χ0v) is 15.1. The lowest BCUT2D eigenvalue weighted by atomic mass is 10.3. The minimum atomic E-state index is -0.200. The summed E-state index contributed by atoms with van der Waals surface area (Å²) in [7, 11) is 3.40. The van der Waals surface area contributed by atoms with Gasteiger partial charge in [0.15, 0.2) is 0 Å². The van der Waals surface area contributed by atoms with Crippen LogP contribution in [-0.2, 0) is 11.3 Å². The molecular weight excluding hydrogens is 326 g/mol. The van der Waals surface area contributed by atoms with Gasteiger partial charge in [-0.3, -0.25) is 0 Å². The largest absolute Gasteiger partial charge is 0.491 e. The molecule has 24 heavy (non-hydrogen) atoms. The summed E-state index contributed by atoms with van der Waals surface area (Å²) in [6.07, 6.45) is 0.794. The normalized spacial score (nSPS) is 10.5. The summed E-state index contributed by atoms with van der Waals surface area (Å²) in [5, 5.41) is 5.84. The molecule has 7 heteroatoms. The highest BCUT2D eigenvalue weighted by atomic mass is 32.1.